The van der Waals surface area contributed by atoms with Crippen LogP contribution in [0.4, 0.5) is 5.69 Å². The molecule has 0 radical (unpaired) electrons. The Morgan fingerprint density at radius 1 is 1.04 bits per heavy atom. The SMILES string of the molecule is CCOc1ccccc1CCNNC(=O)[C@@]1(Cc2ccccc2N=[N+]=[N-])N=C(c2ccc(OCCCO)cc2)O[C@H]1c1ccc(Cl)cc1Cl. The Labute approximate surface area is 294 Å². The van der Waals surface area contributed by atoms with E-state index in [-0.39, 0.29) is 18.9 Å². The maximum Gasteiger partial charge on any atom is 0.266 e. The van der Waals surface area contributed by atoms with Crippen molar-refractivity contribution in [2.45, 2.75) is 37.8 Å². The molecule has 0 unspecified atom stereocenters. The van der Waals surface area contributed by atoms with Gasteiger partial charge in [0.15, 0.2) is 11.6 Å². The summed E-state index contributed by atoms with van der Waals surface area (Å²) in [5.41, 5.74) is 16.6. The van der Waals surface area contributed by atoms with Crippen LogP contribution in [0.2, 0.25) is 10.0 Å². The number of hydrogen-bond donors (Lipinski definition) is 3. The monoisotopic (exact) mass is 702 g/mol. The van der Waals surface area contributed by atoms with E-state index in [1.807, 2.05) is 31.2 Å². The minimum Gasteiger partial charge on any atom is -0.494 e. The molecule has 2 atom stereocenters. The van der Waals surface area contributed by atoms with Crippen LogP contribution in [0.3, 0.4) is 0 Å². The van der Waals surface area contributed by atoms with E-state index >= 15 is 0 Å². The average Bonchev–Trinajstić information content (AvgIpc) is 3.48. The van der Waals surface area contributed by atoms with E-state index in [9.17, 15) is 10.3 Å². The summed E-state index contributed by atoms with van der Waals surface area (Å²) in [6.45, 7) is 3.25. The lowest BCUT2D eigenvalue weighted by Crippen LogP contribution is -2.54. The van der Waals surface area contributed by atoms with Crippen LogP contribution in [0.25, 0.3) is 10.4 Å². The van der Waals surface area contributed by atoms with Crippen LogP contribution in [0.1, 0.15) is 41.7 Å². The van der Waals surface area contributed by atoms with E-state index in [1.54, 1.807) is 66.7 Å². The van der Waals surface area contributed by atoms with Crippen molar-refractivity contribution < 1.29 is 24.1 Å². The summed E-state index contributed by atoms with van der Waals surface area (Å²) >= 11 is 13.0. The van der Waals surface area contributed by atoms with Gasteiger partial charge in [0.05, 0.1) is 13.2 Å². The first-order chi connectivity index (χ1) is 23.9. The molecule has 4 aromatic rings. The van der Waals surface area contributed by atoms with Gasteiger partial charge < -0.3 is 19.3 Å². The van der Waals surface area contributed by atoms with E-state index in [1.165, 1.54) is 0 Å². The molecular formula is C36H36Cl2N6O5. The predicted molar refractivity (Wildman–Crippen MR) is 190 cm³/mol. The van der Waals surface area contributed by atoms with Gasteiger partial charge in [-0.3, -0.25) is 10.2 Å². The molecule has 1 heterocycles. The fourth-order valence-corrected chi connectivity index (χ4v) is 6.03. The van der Waals surface area contributed by atoms with Gasteiger partial charge in [-0.15, -0.1) is 0 Å². The minimum atomic E-state index is -1.62. The van der Waals surface area contributed by atoms with Crippen molar-refractivity contribution >= 4 is 40.7 Å². The van der Waals surface area contributed by atoms with Gasteiger partial charge in [0.25, 0.3) is 5.91 Å². The molecule has 0 aromatic heterocycles. The maximum absolute atomic E-state index is 14.6. The largest absolute Gasteiger partial charge is 0.494 e. The van der Waals surface area contributed by atoms with Gasteiger partial charge >= 0.3 is 0 Å². The summed E-state index contributed by atoms with van der Waals surface area (Å²) in [6, 6.07) is 26.8. The Bertz CT molecular complexity index is 1830. The van der Waals surface area contributed by atoms with Crippen molar-refractivity contribution in [3.63, 3.8) is 0 Å². The van der Waals surface area contributed by atoms with Crippen molar-refractivity contribution in [2.24, 2.45) is 10.1 Å². The van der Waals surface area contributed by atoms with Gasteiger partial charge in [-0.1, -0.05) is 76.8 Å². The number of nitrogens with zero attached hydrogens (tertiary/aromatic N) is 4. The predicted octanol–water partition coefficient (Wildman–Crippen LogP) is 7.46. The number of rotatable bonds is 16. The zero-order valence-electron chi connectivity index (χ0n) is 26.8. The molecule has 0 saturated carbocycles. The second-order valence-electron chi connectivity index (χ2n) is 11.1. The van der Waals surface area contributed by atoms with Crippen LogP contribution in [-0.4, -0.2) is 48.8 Å². The number of hydrogen-bond acceptors (Lipinski definition) is 8. The maximum atomic E-state index is 14.6. The summed E-state index contributed by atoms with van der Waals surface area (Å²) in [4.78, 5) is 22.6. The molecule has 4 aromatic carbocycles. The number of carbonyl (C=O) groups is 1. The summed E-state index contributed by atoms with van der Waals surface area (Å²) in [5, 5.41) is 13.7. The number of halogens is 2. The third kappa shape index (κ3) is 8.64. The molecule has 1 aliphatic heterocycles. The second kappa shape index (κ2) is 17.1. The van der Waals surface area contributed by atoms with Gasteiger partial charge in [-0.2, -0.15) is 0 Å². The molecule has 0 bridgehead atoms. The van der Waals surface area contributed by atoms with Crippen LogP contribution < -0.4 is 20.3 Å². The van der Waals surface area contributed by atoms with Gasteiger partial charge in [-0.05, 0) is 72.5 Å². The van der Waals surface area contributed by atoms with E-state index in [4.69, 9.17) is 47.5 Å². The summed E-state index contributed by atoms with van der Waals surface area (Å²) in [6.07, 6.45) is 0.0711. The summed E-state index contributed by atoms with van der Waals surface area (Å²) in [5.74, 6) is 1.11. The molecule has 0 spiro atoms. The lowest BCUT2D eigenvalue weighted by molar-refractivity contribution is -0.130. The summed E-state index contributed by atoms with van der Waals surface area (Å²) in [7, 11) is 0. The number of amides is 1. The van der Waals surface area contributed by atoms with Crippen LogP contribution in [0.5, 0.6) is 11.5 Å². The van der Waals surface area contributed by atoms with Crippen molar-refractivity contribution in [3.05, 3.63) is 134 Å². The normalized spacial score (nSPS) is 16.7. The van der Waals surface area contributed by atoms with E-state index in [0.29, 0.717) is 70.8 Å². The number of aliphatic imine (C=N–C) groups is 1. The topological polar surface area (TPSA) is 150 Å². The smallest absolute Gasteiger partial charge is 0.266 e. The molecule has 0 saturated heterocycles. The first-order valence-electron chi connectivity index (χ1n) is 15.8. The van der Waals surface area contributed by atoms with Crippen molar-refractivity contribution in [1.29, 1.82) is 0 Å². The average molecular weight is 704 g/mol. The minimum absolute atomic E-state index is 0.00163. The zero-order valence-corrected chi connectivity index (χ0v) is 28.3. The number of aliphatic hydroxyl groups excluding tert-OH is 1. The number of para-hydroxylation sites is 1. The standard InChI is InChI=1S/C36H36Cl2N6O5/c1-2-47-32-11-6-4-8-24(32)18-19-40-43-35(46)36(23-26-9-3-5-10-31(26)42-44-39)33(29-17-14-27(37)22-30(29)38)49-34(41-36)25-12-15-28(16-13-25)48-21-7-20-45/h3-6,8-17,22,33,40,45H,2,7,18-21,23H2,1H3,(H,43,46)/t33-,36-/m0/s1. The fraction of sp³-hybridized carbons (Fsp3) is 0.278. The molecule has 1 amide bonds. The van der Waals surface area contributed by atoms with Crippen LogP contribution in [-0.2, 0) is 22.4 Å². The highest BCUT2D eigenvalue weighted by Gasteiger charge is 2.54. The molecule has 3 N–H and O–H groups in total. The molecule has 1 aliphatic rings. The Balaban J connectivity index is 1.53. The molecule has 49 heavy (non-hydrogen) atoms. The lowest BCUT2D eigenvalue weighted by Gasteiger charge is -2.31. The number of aliphatic hydroxyl groups is 1. The number of azide groups is 1. The second-order valence-corrected chi connectivity index (χ2v) is 12.0. The first kappa shape index (κ1) is 35.5. The summed E-state index contributed by atoms with van der Waals surface area (Å²) < 4.78 is 18.0. The molecule has 5 rings (SSSR count). The van der Waals surface area contributed by atoms with E-state index < -0.39 is 17.6 Å². The third-order valence-electron chi connectivity index (χ3n) is 7.87. The number of nitrogens with one attached hydrogen (secondary N) is 2. The fourth-order valence-electron chi connectivity index (χ4n) is 5.52. The molecule has 13 heteroatoms. The molecule has 0 aliphatic carbocycles. The van der Waals surface area contributed by atoms with Gasteiger partial charge in [0.1, 0.15) is 11.5 Å². The molecule has 11 nitrogen and oxygen atoms in total. The van der Waals surface area contributed by atoms with Gasteiger partial charge in [0.2, 0.25) is 5.90 Å². The highest BCUT2D eigenvalue weighted by molar-refractivity contribution is 6.35. The third-order valence-corrected chi connectivity index (χ3v) is 8.44. The van der Waals surface area contributed by atoms with Crippen LogP contribution in [0, 0.1) is 0 Å². The molecule has 0 fully saturated rings. The quantitative estimate of drug-likeness (QED) is 0.0363. The van der Waals surface area contributed by atoms with Gasteiger partial charge in [0, 0.05) is 57.8 Å². The van der Waals surface area contributed by atoms with Crippen molar-refractivity contribution in [1.82, 2.24) is 10.9 Å². The number of benzene rings is 4. The van der Waals surface area contributed by atoms with E-state index in [0.717, 1.165) is 11.3 Å². The highest BCUT2D eigenvalue weighted by atomic mass is 35.5. The molecule has 254 valence electrons. The highest BCUT2D eigenvalue weighted by Crippen LogP contribution is 2.46. The van der Waals surface area contributed by atoms with Crippen LogP contribution in [0.15, 0.2) is 101 Å². The Morgan fingerprint density at radius 3 is 2.53 bits per heavy atom. The zero-order chi connectivity index (χ0) is 34.6. The number of hydrazine groups is 1. The van der Waals surface area contributed by atoms with E-state index in [2.05, 4.69) is 20.9 Å². The number of ether oxygens (including phenoxy) is 3. The van der Waals surface area contributed by atoms with Crippen molar-refractivity contribution in [2.75, 3.05) is 26.4 Å². The number of carbonyl (C=O) groups excluding carboxylic acids is 1. The van der Waals surface area contributed by atoms with Crippen LogP contribution >= 0.6 is 23.2 Å². The van der Waals surface area contributed by atoms with Crippen molar-refractivity contribution in [3.8, 4) is 11.5 Å². The Kier molecular flexibility index (Phi) is 12.4. The lowest BCUT2D eigenvalue weighted by atomic mass is 9.81. The first-order valence-corrected chi connectivity index (χ1v) is 16.6. The molecular weight excluding hydrogens is 667 g/mol. The Hall–Kier alpha value is -4.77. The van der Waals surface area contributed by atoms with Gasteiger partial charge in [-0.25, -0.2) is 10.4 Å². The Morgan fingerprint density at radius 2 is 1.80 bits per heavy atom.